The van der Waals surface area contributed by atoms with Crippen molar-refractivity contribution in [3.8, 4) is 0 Å². The van der Waals surface area contributed by atoms with Gasteiger partial charge in [0.05, 0.1) is 4.90 Å². The molecule has 0 unspecified atom stereocenters. The van der Waals surface area contributed by atoms with Gasteiger partial charge in [0.25, 0.3) is 0 Å². The van der Waals surface area contributed by atoms with Gasteiger partial charge in [-0.05, 0) is 44.0 Å². The lowest BCUT2D eigenvalue weighted by Gasteiger charge is -2.22. The van der Waals surface area contributed by atoms with E-state index in [1.165, 1.54) is 0 Å². The van der Waals surface area contributed by atoms with Gasteiger partial charge < -0.3 is 5.32 Å². The normalized spacial score (nSPS) is 18.1. The minimum absolute atomic E-state index is 0.342. The van der Waals surface area contributed by atoms with Crippen LogP contribution in [0, 0.1) is 5.92 Å². The lowest BCUT2D eigenvalue weighted by atomic mass is 9.99. The average Bonchev–Trinajstić information content (AvgIpc) is 2.39. The maximum absolute atomic E-state index is 11.9. The second-order valence-corrected chi connectivity index (χ2v) is 6.13. The monoisotopic (exact) mass is 254 g/mol. The number of sulfonamides is 1. The quantitative estimate of drug-likeness (QED) is 0.841. The molecule has 1 aromatic carbocycles. The first-order valence-corrected chi connectivity index (χ1v) is 7.42. The summed E-state index contributed by atoms with van der Waals surface area (Å²) in [6.07, 6.45) is 2.08. The van der Waals surface area contributed by atoms with Crippen molar-refractivity contribution in [2.45, 2.75) is 17.7 Å². The minimum atomic E-state index is -3.33. The number of nitrogens with one attached hydrogen (secondary N) is 2. The zero-order chi connectivity index (χ0) is 12.1. The van der Waals surface area contributed by atoms with Gasteiger partial charge in [0, 0.05) is 6.54 Å². The van der Waals surface area contributed by atoms with Gasteiger partial charge in [-0.15, -0.1) is 0 Å². The maximum Gasteiger partial charge on any atom is 0.240 e. The van der Waals surface area contributed by atoms with E-state index in [-0.39, 0.29) is 0 Å². The summed E-state index contributed by atoms with van der Waals surface area (Å²) in [7, 11) is -3.33. The van der Waals surface area contributed by atoms with E-state index in [4.69, 9.17) is 0 Å². The van der Waals surface area contributed by atoms with E-state index in [2.05, 4.69) is 10.0 Å². The van der Waals surface area contributed by atoms with Crippen LogP contribution in [-0.4, -0.2) is 28.1 Å². The average molecular weight is 254 g/mol. The highest BCUT2D eigenvalue weighted by Gasteiger charge is 2.18. The molecule has 0 atom stereocenters. The lowest BCUT2D eigenvalue weighted by molar-refractivity contribution is 0.372. The molecule has 2 N–H and O–H groups in total. The standard InChI is InChI=1S/C12H18N2O2S/c15-17(16,12-4-2-1-3-5-12)14-10-11-6-8-13-9-7-11/h1-5,11,13-14H,6-10H2. The third-order valence-electron chi connectivity index (χ3n) is 3.07. The van der Waals surface area contributed by atoms with Crippen LogP contribution < -0.4 is 10.0 Å². The van der Waals surface area contributed by atoms with Crippen molar-refractivity contribution in [3.63, 3.8) is 0 Å². The molecule has 0 aliphatic carbocycles. The highest BCUT2D eigenvalue weighted by atomic mass is 32.2. The predicted molar refractivity (Wildman–Crippen MR) is 67.2 cm³/mol. The molecule has 2 rings (SSSR count). The summed E-state index contributed by atoms with van der Waals surface area (Å²) in [5.41, 5.74) is 0. The molecule has 1 aromatic rings. The van der Waals surface area contributed by atoms with Crippen molar-refractivity contribution in [1.29, 1.82) is 0 Å². The molecule has 0 spiro atoms. The highest BCUT2D eigenvalue weighted by Crippen LogP contribution is 2.12. The van der Waals surface area contributed by atoms with Crippen LogP contribution in [0.4, 0.5) is 0 Å². The Morgan fingerprint density at radius 3 is 2.47 bits per heavy atom. The van der Waals surface area contributed by atoms with Crippen molar-refractivity contribution in [2.24, 2.45) is 5.92 Å². The molecule has 0 saturated carbocycles. The predicted octanol–water partition coefficient (Wildman–Crippen LogP) is 0.964. The van der Waals surface area contributed by atoms with Crippen LogP contribution in [0.2, 0.25) is 0 Å². The van der Waals surface area contributed by atoms with Crippen molar-refractivity contribution in [3.05, 3.63) is 30.3 Å². The molecule has 1 fully saturated rings. The number of hydrogen-bond donors (Lipinski definition) is 2. The first-order valence-electron chi connectivity index (χ1n) is 5.94. The first-order chi connectivity index (χ1) is 8.18. The van der Waals surface area contributed by atoms with Gasteiger partial charge in [-0.3, -0.25) is 0 Å². The minimum Gasteiger partial charge on any atom is -0.317 e. The number of benzene rings is 1. The SMILES string of the molecule is O=S(=O)(NCC1CCNCC1)c1ccccc1. The Morgan fingerprint density at radius 2 is 1.82 bits per heavy atom. The molecule has 0 aromatic heterocycles. The summed E-state index contributed by atoms with van der Waals surface area (Å²) in [5, 5.41) is 3.27. The molecular formula is C12H18N2O2S. The van der Waals surface area contributed by atoms with Gasteiger partial charge in [0.15, 0.2) is 0 Å². The largest absolute Gasteiger partial charge is 0.317 e. The Labute approximate surface area is 102 Å². The number of piperidine rings is 1. The summed E-state index contributed by atoms with van der Waals surface area (Å²) < 4.78 is 26.6. The zero-order valence-corrected chi connectivity index (χ0v) is 10.5. The van der Waals surface area contributed by atoms with Crippen LogP contribution in [0.3, 0.4) is 0 Å². The van der Waals surface area contributed by atoms with E-state index in [1.54, 1.807) is 24.3 Å². The Morgan fingerprint density at radius 1 is 1.18 bits per heavy atom. The second-order valence-electron chi connectivity index (χ2n) is 4.36. The van der Waals surface area contributed by atoms with Crippen LogP contribution in [0.1, 0.15) is 12.8 Å². The molecule has 4 nitrogen and oxygen atoms in total. The van der Waals surface area contributed by atoms with E-state index in [1.807, 2.05) is 6.07 Å². The second kappa shape index (κ2) is 5.62. The number of hydrogen-bond acceptors (Lipinski definition) is 3. The summed E-state index contributed by atoms with van der Waals surface area (Å²) in [4.78, 5) is 0.342. The first kappa shape index (κ1) is 12.5. The Kier molecular flexibility index (Phi) is 4.15. The van der Waals surface area contributed by atoms with Crippen LogP contribution >= 0.6 is 0 Å². The molecule has 94 valence electrons. The van der Waals surface area contributed by atoms with Gasteiger partial charge in [0.2, 0.25) is 10.0 Å². The topological polar surface area (TPSA) is 58.2 Å². The molecule has 17 heavy (non-hydrogen) atoms. The lowest BCUT2D eigenvalue weighted by Crippen LogP contribution is -2.35. The third kappa shape index (κ3) is 3.52. The molecular weight excluding hydrogens is 236 g/mol. The molecule has 5 heteroatoms. The van der Waals surface area contributed by atoms with Crippen molar-refractivity contribution in [2.75, 3.05) is 19.6 Å². The molecule has 1 saturated heterocycles. The molecule has 0 amide bonds. The maximum atomic E-state index is 11.9. The van der Waals surface area contributed by atoms with E-state index < -0.39 is 10.0 Å². The van der Waals surface area contributed by atoms with Crippen LogP contribution in [0.25, 0.3) is 0 Å². The van der Waals surface area contributed by atoms with Crippen molar-refractivity contribution >= 4 is 10.0 Å². The molecule has 0 bridgehead atoms. The van der Waals surface area contributed by atoms with Gasteiger partial charge in [0.1, 0.15) is 0 Å². The molecule has 1 aliphatic rings. The smallest absolute Gasteiger partial charge is 0.240 e. The number of rotatable bonds is 4. The van der Waals surface area contributed by atoms with Gasteiger partial charge >= 0.3 is 0 Å². The van der Waals surface area contributed by atoms with Crippen molar-refractivity contribution in [1.82, 2.24) is 10.0 Å². The molecule has 0 radical (unpaired) electrons. The van der Waals surface area contributed by atoms with E-state index in [0.29, 0.717) is 17.4 Å². The summed E-state index contributed by atoms with van der Waals surface area (Å²) >= 11 is 0. The van der Waals surface area contributed by atoms with Gasteiger partial charge in [-0.25, -0.2) is 13.1 Å². The van der Waals surface area contributed by atoms with E-state index >= 15 is 0 Å². The van der Waals surface area contributed by atoms with Gasteiger partial charge in [-0.2, -0.15) is 0 Å². The Balaban J connectivity index is 1.94. The third-order valence-corrected chi connectivity index (χ3v) is 4.51. The van der Waals surface area contributed by atoms with Crippen LogP contribution in [-0.2, 0) is 10.0 Å². The summed E-state index contributed by atoms with van der Waals surface area (Å²) in [6.45, 7) is 2.51. The van der Waals surface area contributed by atoms with Gasteiger partial charge in [-0.1, -0.05) is 18.2 Å². The van der Waals surface area contributed by atoms with Crippen LogP contribution in [0.15, 0.2) is 35.2 Å². The highest BCUT2D eigenvalue weighted by molar-refractivity contribution is 7.89. The van der Waals surface area contributed by atoms with Crippen molar-refractivity contribution < 1.29 is 8.42 Å². The van der Waals surface area contributed by atoms with Crippen LogP contribution in [0.5, 0.6) is 0 Å². The van der Waals surface area contributed by atoms with E-state index in [0.717, 1.165) is 25.9 Å². The fraction of sp³-hybridized carbons (Fsp3) is 0.500. The summed E-state index contributed by atoms with van der Waals surface area (Å²) in [5.74, 6) is 0.453. The fourth-order valence-corrected chi connectivity index (χ4v) is 3.13. The Bertz CT molecular complexity index is 439. The fourth-order valence-electron chi connectivity index (χ4n) is 2.00. The molecule has 1 heterocycles. The zero-order valence-electron chi connectivity index (χ0n) is 9.72. The summed E-state index contributed by atoms with van der Waals surface area (Å²) in [6, 6.07) is 8.51. The van der Waals surface area contributed by atoms with E-state index in [9.17, 15) is 8.42 Å². The Hall–Kier alpha value is -0.910. The molecule has 1 aliphatic heterocycles.